The first kappa shape index (κ1) is 30.0. The summed E-state index contributed by atoms with van der Waals surface area (Å²) in [5, 5.41) is 4.34. The number of likely N-dealkylation sites (tertiary alicyclic amines) is 1. The predicted octanol–water partition coefficient (Wildman–Crippen LogP) is 5.91. The van der Waals surface area contributed by atoms with Gasteiger partial charge in [0.05, 0.1) is 18.7 Å². The van der Waals surface area contributed by atoms with Gasteiger partial charge in [0.25, 0.3) is 0 Å². The Balaban J connectivity index is 1.16. The minimum Gasteiger partial charge on any atom is -0.490 e. The molecule has 2 atom stereocenters. The van der Waals surface area contributed by atoms with Crippen LogP contribution in [0.15, 0.2) is 89.7 Å². The van der Waals surface area contributed by atoms with Crippen LogP contribution in [0.3, 0.4) is 0 Å². The Morgan fingerprint density at radius 1 is 0.930 bits per heavy atom. The normalized spacial score (nSPS) is 18.6. The highest BCUT2D eigenvalue weighted by atomic mass is 16.6. The summed E-state index contributed by atoms with van der Waals surface area (Å²) in [4.78, 5) is 37.8. The van der Waals surface area contributed by atoms with Crippen LogP contribution in [-0.4, -0.2) is 60.4 Å². The maximum absolute atomic E-state index is 13.2. The number of carbonyl (C=O) groups excluding carboxylic acids is 2. The van der Waals surface area contributed by atoms with Crippen molar-refractivity contribution < 1.29 is 23.9 Å². The Morgan fingerprint density at radius 3 is 2.33 bits per heavy atom. The van der Waals surface area contributed by atoms with E-state index in [4.69, 9.17) is 14.3 Å². The second kappa shape index (κ2) is 15.1. The number of esters is 1. The number of oxime groups is 1. The standard InChI is InChI=1S/C35H39N3O5/c1-2-41-35(40)30(23-33(39)38-24-28-12-6-7-13-29(28)25-38)22-26-15-17-31(18-16-26)42-20-21-43-37-34(27-10-4-3-5-11-27)32-14-8-9-19-36-32/h3-5,8-11,14-19,22,28-29H,2,6-7,12-13,20-21,23-25H2,1H3/b30-22+,37-34?/t28-,29+. The van der Waals surface area contributed by atoms with E-state index in [1.54, 1.807) is 19.2 Å². The van der Waals surface area contributed by atoms with Gasteiger partial charge in [0.2, 0.25) is 5.91 Å². The Hall–Kier alpha value is -4.46. The molecule has 1 saturated carbocycles. The van der Waals surface area contributed by atoms with Crippen LogP contribution in [0.2, 0.25) is 0 Å². The van der Waals surface area contributed by atoms with Crippen molar-refractivity contribution in [2.24, 2.45) is 17.0 Å². The maximum Gasteiger partial charge on any atom is 0.334 e. The fourth-order valence-electron chi connectivity index (χ4n) is 5.80. The number of hydrogen-bond donors (Lipinski definition) is 0. The van der Waals surface area contributed by atoms with Crippen molar-refractivity contribution in [1.82, 2.24) is 9.88 Å². The summed E-state index contributed by atoms with van der Waals surface area (Å²) in [7, 11) is 0. The highest BCUT2D eigenvalue weighted by Gasteiger charge is 2.36. The summed E-state index contributed by atoms with van der Waals surface area (Å²) in [6.45, 7) is 4.17. The van der Waals surface area contributed by atoms with E-state index >= 15 is 0 Å². The first-order valence-electron chi connectivity index (χ1n) is 15.2. The number of hydrogen-bond acceptors (Lipinski definition) is 7. The smallest absolute Gasteiger partial charge is 0.334 e. The van der Waals surface area contributed by atoms with E-state index in [1.165, 1.54) is 25.7 Å². The molecule has 224 valence electrons. The molecule has 1 saturated heterocycles. The minimum atomic E-state index is -0.453. The predicted molar refractivity (Wildman–Crippen MR) is 165 cm³/mol. The lowest BCUT2D eigenvalue weighted by Crippen LogP contribution is -2.30. The van der Waals surface area contributed by atoms with E-state index in [0.717, 1.165) is 29.9 Å². The zero-order chi connectivity index (χ0) is 29.9. The molecule has 0 unspecified atom stereocenters. The Bertz CT molecular complexity index is 1350. The van der Waals surface area contributed by atoms with Crippen LogP contribution in [0, 0.1) is 11.8 Å². The zero-order valence-electron chi connectivity index (χ0n) is 24.7. The average Bonchev–Trinajstić information content (AvgIpc) is 3.49. The van der Waals surface area contributed by atoms with Gasteiger partial charge in [-0.05, 0) is 67.5 Å². The van der Waals surface area contributed by atoms with E-state index in [2.05, 4.69) is 10.1 Å². The van der Waals surface area contributed by atoms with Crippen molar-refractivity contribution >= 4 is 23.7 Å². The number of ether oxygens (including phenoxy) is 2. The van der Waals surface area contributed by atoms with Crippen molar-refractivity contribution in [3.63, 3.8) is 0 Å². The molecule has 1 aromatic heterocycles. The molecule has 8 heteroatoms. The third kappa shape index (κ3) is 8.31. The van der Waals surface area contributed by atoms with Crippen LogP contribution >= 0.6 is 0 Å². The Morgan fingerprint density at radius 2 is 1.65 bits per heavy atom. The summed E-state index contributed by atoms with van der Waals surface area (Å²) in [5.41, 5.74) is 3.44. The number of pyridine rings is 1. The molecule has 1 aliphatic carbocycles. The van der Waals surface area contributed by atoms with E-state index < -0.39 is 5.97 Å². The Kier molecular flexibility index (Phi) is 10.6. The van der Waals surface area contributed by atoms with Crippen molar-refractivity contribution in [3.05, 3.63) is 101 Å². The lowest BCUT2D eigenvalue weighted by atomic mass is 9.82. The van der Waals surface area contributed by atoms with Crippen LogP contribution in [0.1, 0.15) is 55.8 Å². The van der Waals surface area contributed by atoms with E-state index in [-0.39, 0.29) is 25.5 Å². The minimum absolute atomic E-state index is 0.00483. The molecule has 8 nitrogen and oxygen atoms in total. The topological polar surface area (TPSA) is 90.3 Å². The maximum atomic E-state index is 13.2. The lowest BCUT2D eigenvalue weighted by Gasteiger charge is -2.22. The van der Waals surface area contributed by atoms with E-state index in [9.17, 15) is 9.59 Å². The fraction of sp³-hybridized carbons (Fsp3) is 0.371. The molecular weight excluding hydrogens is 542 g/mol. The van der Waals surface area contributed by atoms with Crippen molar-refractivity contribution in [1.29, 1.82) is 0 Å². The number of carbonyl (C=O) groups is 2. The van der Waals surface area contributed by atoms with Crippen molar-refractivity contribution in [2.75, 3.05) is 32.9 Å². The van der Waals surface area contributed by atoms with Gasteiger partial charge in [0.1, 0.15) is 18.1 Å². The van der Waals surface area contributed by atoms with Gasteiger partial charge in [-0.1, -0.05) is 66.5 Å². The summed E-state index contributed by atoms with van der Waals surface area (Å²) in [5.74, 6) is 1.40. The van der Waals surface area contributed by atoms with Gasteiger partial charge in [0.15, 0.2) is 6.61 Å². The molecule has 1 amide bonds. The first-order valence-corrected chi connectivity index (χ1v) is 15.2. The molecule has 3 aromatic rings. The third-order valence-electron chi connectivity index (χ3n) is 7.98. The van der Waals surface area contributed by atoms with Crippen molar-refractivity contribution in [2.45, 2.75) is 39.0 Å². The molecule has 0 radical (unpaired) electrons. The van der Waals surface area contributed by atoms with Gasteiger partial charge < -0.3 is 19.2 Å². The lowest BCUT2D eigenvalue weighted by molar-refractivity contribution is -0.140. The van der Waals surface area contributed by atoms with Crippen LogP contribution in [0.25, 0.3) is 6.08 Å². The number of fused-ring (bicyclic) bond motifs is 1. The van der Waals surface area contributed by atoms with Gasteiger partial charge in [-0.3, -0.25) is 9.78 Å². The van der Waals surface area contributed by atoms with E-state index in [1.807, 2.05) is 77.7 Å². The largest absolute Gasteiger partial charge is 0.490 e. The van der Waals surface area contributed by atoms with Gasteiger partial charge >= 0.3 is 5.97 Å². The highest BCUT2D eigenvalue weighted by molar-refractivity contribution is 6.11. The third-order valence-corrected chi connectivity index (χ3v) is 7.98. The fourth-order valence-corrected chi connectivity index (χ4v) is 5.80. The molecule has 0 bridgehead atoms. The molecule has 1 aliphatic heterocycles. The Labute approximate surface area is 253 Å². The van der Waals surface area contributed by atoms with Gasteiger partial charge in [-0.25, -0.2) is 4.79 Å². The summed E-state index contributed by atoms with van der Waals surface area (Å²) in [6.07, 6.45) is 8.40. The molecule has 0 N–H and O–H groups in total. The van der Waals surface area contributed by atoms with Crippen molar-refractivity contribution in [3.8, 4) is 5.75 Å². The van der Waals surface area contributed by atoms with Crippen LogP contribution in [0.5, 0.6) is 5.75 Å². The molecule has 5 rings (SSSR count). The number of aromatic nitrogens is 1. The van der Waals surface area contributed by atoms with Crippen LogP contribution in [-0.2, 0) is 19.2 Å². The molecule has 2 heterocycles. The number of benzene rings is 2. The van der Waals surface area contributed by atoms with E-state index in [0.29, 0.717) is 35.5 Å². The van der Waals surface area contributed by atoms with Gasteiger partial charge in [0, 0.05) is 30.4 Å². The second-order valence-corrected chi connectivity index (χ2v) is 10.9. The SMILES string of the molecule is CCOC(=O)/C(=C/c1ccc(OCCON=C(c2ccccc2)c2ccccn2)cc1)CC(=O)N1C[C@H]2CCCC[C@H]2C1. The molecular formula is C35H39N3O5. The quantitative estimate of drug-likeness (QED) is 0.0868. The molecule has 2 fully saturated rings. The summed E-state index contributed by atoms with van der Waals surface area (Å²) in [6, 6.07) is 22.8. The van der Waals surface area contributed by atoms with Crippen LogP contribution in [0.4, 0.5) is 0 Å². The monoisotopic (exact) mass is 581 g/mol. The molecule has 2 aromatic carbocycles. The zero-order valence-corrected chi connectivity index (χ0v) is 24.7. The summed E-state index contributed by atoms with van der Waals surface area (Å²) >= 11 is 0. The highest BCUT2D eigenvalue weighted by Crippen LogP contribution is 2.36. The number of nitrogens with zero attached hydrogens (tertiary/aromatic N) is 3. The second-order valence-electron chi connectivity index (χ2n) is 10.9. The van der Waals surface area contributed by atoms with Crippen LogP contribution < -0.4 is 4.74 Å². The number of amides is 1. The molecule has 2 aliphatic rings. The molecule has 0 spiro atoms. The van der Waals surface area contributed by atoms with Gasteiger partial charge in [-0.15, -0.1) is 0 Å². The summed E-state index contributed by atoms with van der Waals surface area (Å²) < 4.78 is 11.1. The van der Waals surface area contributed by atoms with Gasteiger partial charge in [-0.2, -0.15) is 0 Å². The average molecular weight is 582 g/mol. The number of rotatable bonds is 12. The molecule has 43 heavy (non-hydrogen) atoms. The first-order chi connectivity index (χ1) is 21.1.